The average molecular weight is 211 g/mol. The average Bonchev–Trinajstić information content (AvgIpc) is 2.67. The summed E-state index contributed by atoms with van der Waals surface area (Å²) in [5, 5.41) is 7.70. The number of nitrogens with zero attached hydrogens (tertiary/aromatic N) is 2. The number of methoxy groups -OCH3 is 1. The van der Waals surface area contributed by atoms with Crippen LogP contribution in [0.4, 0.5) is 0 Å². The summed E-state index contributed by atoms with van der Waals surface area (Å²) in [6.07, 6.45) is 4.00. The SMILES string of the molecule is CCNC(C)c1cnn(C(C)COC)c1. The molecule has 1 aromatic rings. The van der Waals surface area contributed by atoms with Crippen molar-refractivity contribution in [3.8, 4) is 0 Å². The lowest BCUT2D eigenvalue weighted by molar-refractivity contribution is 0.157. The van der Waals surface area contributed by atoms with E-state index in [4.69, 9.17) is 4.74 Å². The molecule has 4 heteroatoms. The Morgan fingerprint density at radius 2 is 2.27 bits per heavy atom. The van der Waals surface area contributed by atoms with E-state index < -0.39 is 0 Å². The molecule has 0 spiro atoms. The molecule has 0 aromatic carbocycles. The lowest BCUT2D eigenvalue weighted by Crippen LogP contribution is -2.17. The fourth-order valence-electron chi connectivity index (χ4n) is 1.56. The third kappa shape index (κ3) is 3.32. The van der Waals surface area contributed by atoms with Crippen LogP contribution in [0.15, 0.2) is 12.4 Å². The molecule has 0 saturated carbocycles. The molecule has 2 unspecified atom stereocenters. The maximum Gasteiger partial charge on any atom is 0.0724 e. The van der Waals surface area contributed by atoms with E-state index in [1.807, 2.05) is 10.9 Å². The lowest BCUT2D eigenvalue weighted by Gasteiger charge is -2.11. The van der Waals surface area contributed by atoms with Crippen LogP contribution in [0.2, 0.25) is 0 Å². The van der Waals surface area contributed by atoms with E-state index in [1.54, 1.807) is 7.11 Å². The van der Waals surface area contributed by atoms with Crippen LogP contribution in [0.3, 0.4) is 0 Å². The molecule has 15 heavy (non-hydrogen) atoms. The van der Waals surface area contributed by atoms with Crippen LogP contribution < -0.4 is 5.32 Å². The molecule has 0 radical (unpaired) electrons. The first-order valence-electron chi connectivity index (χ1n) is 5.45. The maximum absolute atomic E-state index is 5.10. The van der Waals surface area contributed by atoms with E-state index in [-0.39, 0.29) is 6.04 Å². The molecule has 4 nitrogen and oxygen atoms in total. The highest BCUT2D eigenvalue weighted by Crippen LogP contribution is 2.13. The van der Waals surface area contributed by atoms with E-state index in [9.17, 15) is 0 Å². The summed E-state index contributed by atoms with van der Waals surface area (Å²) in [6.45, 7) is 8.01. The van der Waals surface area contributed by atoms with Crippen molar-refractivity contribution in [2.24, 2.45) is 0 Å². The van der Waals surface area contributed by atoms with Gasteiger partial charge in [0.25, 0.3) is 0 Å². The molecule has 0 aliphatic heterocycles. The third-order valence-corrected chi connectivity index (χ3v) is 2.49. The van der Waals surface area contributed by atoms with Crippen LogP contribution in [0.1, 0.15) is 38.4 Å². The van der Waals surface area contributed by atoms with Crippen molar-refractivity contribution in [1.82, 2.24) is 15.1 Å². The van der Waals surface area contributed by atoms with Gasteiger partial charge in [-0.15, -0.1) is 0 Å². The maximum atomic E-state index is 5.10. The predicted molar refractivity (Wildman–Crippen MR) is 60.9 cm³/mol. The molecule has 1 N–H and O–H groups in total. The second-order valence-electron chi connectivity index (χ2n) is 3.84. The molecule has 0 fully saturated rings. The Bertz CT molecular complexity index is 259. The molecular formula is C11H21N3O. The van der Waals surface area contributed by atoms with E-state index in [2.05, 4.69) is 37.4 Å². The molecule has 0 saturated heterocycles. The van der Waals surface area contributed by atoms with Crippen molar-refractivity contribution in [1.29, 1.82) is 0 Å². The lowest BCUT2D eigenvalue weighted by atomic mass is 10.2. The van der Waals surface area contributed by atoms with Gasteiger partial charge < -0.3 is 10.1 Å². The van der Waals surface area contributed by atoms with Crippen molar-refractivity contribution in [3.05, 3.63) is 18.0 Å². The Hall–Kier alpha value is -0.870. The van der Waals surface area contributed by atoms with E-state index in [0.717, 1.165) is 6.54 Å². The van der Waals surface area contributed by atoms with Gasteiger partial charge in [0.1, 0.15) is 0 Å². The first kappa shape index (κ1) is 12.2. The molecule has 0 aliphatic rings. The van der Waals surface area contributed by atoms with Crippen molar-refractivity contribution in [3.63, 3.8) is 0 Å². The minimum atomic E-state index is 0.289. The highest BCUT2D eigenvalue weighted by atomic mass is 16.5. The normalized spacial score (nSPS) is 15.2. The van der Waals surface area contributed by atoms with Crippen LogP contribution in [-0.2, 0) is 4.74 Å². The summed E-state index contributed by atoms with van der Waals surface area (Å²) < 4.78 is 7.05. The summed E-state index contributed by atoms with van der Waals surface area (Å²) >= 11 is 0. The molecule has 1 aromatic heterocycles. The highest BCUT2D eigenvalue weighted by molar-refractivity contribution is 5.09. The van der Waals surface area contributed by atoms with E-state index >= 15 is 0 Å². The zero-order valence-electron chi connectivity index (χ0n) is 10.0. The summed E-state index contributed by atoms with van der Waals surface area (Å²) in [6, 6.07) is 0.649. The molecule has 0 bridgehead atoms. The Morgan fingerprint density at radius 1 is 1.53 bits per heavy atom. The van der Waals surface area contributed by atoms with Gasteiger partial charge in [0.2, 0.25) is 0 Å². The number of nitrogens with one attached hydrogen (secondary N) is 1. The fourth-order valence-corrected chi connectivity index (χ4v) is 1.56. The van der Waals surface area contributed by atoms with Crippen LogP contribution >= 0.6 is 0 Å². The molecule has 0 aliphatic carbocycles. The number of aromatic nitrogens is 2. The van der Waals surface area contributed by atoms with Crippen LogP contribution in [0.5, 0.6) is 0 Å². The molecule has 0 amide bonds. The number of hydrogen-bond acceptors (Lipinski definition) is 3. The molecular weight excluding hydrogens is 190 g/mol. The first-order valence-corrected chi connectivity index (χ1v) is 5.45. The monoisotopic (exact) mass is 211 g/mol. The Balaban J connectivity index is 2.62. The largest absolute Gasteiger partial charge is 0.382 e. The summed E-state index contributed by atoms with van der Waals surface area (Å²) in [5.74, 6) is 0. The van der Waals surface area contributed by atoms with Gasteiger partial charge in [-0.05, 0) is 20.4 Å². The number of hydrogen-bond donors (Lipinski definition) is 1. The van der Waals surface area contributed by atoms with Gasteiger partial charge in [0.15, 0.2) is 0 Å². The number of rotatable bonds is 6. The van der Waals surface area contributed by atoms with Crippen molar-refractivity contribution >= 4 is 0 Å². The van der Waals surface area contributed by atoms with E-state index in [0.29, 0.717) is 12.6 Å². The Kier molecular flexibility index (Phi) is 4.78. The van der Waals surface area contributed by atoms with Crippen molar-refractivity contribution in [2.45, 2.75) is 32.9 Å². The van der Waals surface area contributed by atoms with Crippen molar-refractivity contribution in [2.75, 3.05) is 20.3 Å². The first-order chi connectivity index (χ1) is 7.19. The molecule has 1 rings (SSSR count). The summed E-state index contributed by atoms with van der Waals surface area (Å²) in [5.41, 5.74) is 1.22. The van der Waals surface area contributed by atoms with Gasteiger partial charge in [-0.3, -0.25) is 4.68 Å². The zero-order chi connectivity index (χ0) is 11.3. The van der Waals surface area contributed by atoms with Gasteiger partial charge in [0.05, 0.1) is 18.8 Å². The van der Waals surface area contributed by atoms with E-state index in [1.165, 1.54) is 5.56 Å². The fraction of sp³-hybridized carbons (Fsp3) is 0.727. The standard InChI is InChI=1S/C11H21N3O/c1-5-12-10(3)11-6-13-14(7-11)9(2)8-15-4/h6-7,9-10,12H,5,8H2,1-4H3. The Labute approximate surface area is 91.6 Å². The second-order valence-corrected chi connectivity index (χ2v) is 3.84. The summed E-state index contributed by atoms with van der Waals surface area (Å²) in [7, 11) is 1.71. The van der Waals surface area contributed by atoms with Gasteiger partial charge in [-0.1, -0.05) is 6.92 Å². The van der Waals surface area contributed by atoms with Crippen LogP contribution in [0, 0.1) is 0 Å². The second kappa shape index (κ2) is 5.88. The predicted octanol–water partition coefficient (Wildman–Crippen LogP) is 1.76. The van der Waals surface area contributed by atoms with Gasteiger partial charge in [-0.2, -0.15) is 5.10 Å². The smallest absolute Gasteiger partial charge is 0.0724 e. The molecule has 1 heterocycles. The van der Waals surface area contributed by atoms with Crippen LogP contribution in [-0.4, -0.2) is 30.0 Å². The number of ether oxygens (including phenoxy) is 1. The third-order valence-electron chi connectivity index (χ3n) is 2.49. The minimum absolute atomic E-state index is 0.289. The van der Waals surface area contributed by atoms with Crippen molar-refractivity contribution < 1.29 is 4.74 Å². The highest BCUT2D eigenvalue weighted by Gasteiger charge is 2.09. The van der Waals surface area contributed by atoms with Gasteiger partial charge in [-0.25, -0.2) is 0 Å². The van der Waals surface area contributed by atoms with Crippen LogP contribution in [0.25, 0.3) is 0 Å². The zero-order valence-corrected chi connectivity index (χ0v) is 10.0. The van der Waals surface area contributed by atoms with Gasteiger partial charge >= 0.3 is 0 Å². The summed E-state index contributed by atoms with van der Waals surface area (Å²) in [4.78, 5) is 0. The Morgan fingerprint density at radius 3 is 2.87 bits per heavy atom. The van der Waals surface area contributed by atoms with Gasteiger partial charge in [0, 0.05) is 24.9 Å². The molecule has 2 atom stereocenters. The topological polar surface area (TPSA) is 39.1 Å². The minimum Gasteiger partial charge on any atom is -0.382 e. The quantitative estimate of drug-likeness (QED) is 0.779. The molecule has 86 valence electrons.